The van der Waals surface area contributed by atoms with Crippen LogP contribution in [0.25, 0.3) is 0 Å². The molecule has 0 bridgehead atoms. The first-order valence-corrected chi connectivity index (χ1v) is 8.06. The number of thioether (sulfide) groups is 1. The van der Waals surface area contributed by atoms with E-state index in [1.807, 2.05) is 19.2 Å². The van der Waals surface area contributed by atoms with Gasteiger partial charge in [0.05, 0.1) is 25.4 Å². The summed E-state index contributed by atoms with van der Waals surface area (Å²) in [7, 11) is 0. The molecule has 1 saturated heterocycles. The highest BCUT2D eigenvalue weighted by atomic mass is 32.2. The second-order valence-electron chi connectivity index (χ2n) is 4.77. The molecule has 0 aliphatic carbocycles. The maximum atomic E-state index is 9.28. The van der Waals surface area contributed by atoms with E-state index in [1.54, 1.807) is 0 Å². The highest BCUT2D eigenvalue weighted by Gasteiger charge is 2.27. The Hall–Kier alpha value is -1.05. The van der Waals surface area contributed by atoms with Gasteiger partial charge in [-0.3, -0.25) is 0 Å². The van der Waals surface area contributed by atoms with Crippen molar-refractivity contribution in [3.8, 4) is 0 Å². The van der Waals surface area contributed by atoms with Crippen molar-refractivity contribution in [1.29, 1.82) is 0 Å². The molecule has 2 unspecified atom stereocenters. The summed E-state index contributed by atoms with van der Waals surface area (Å²) in [4.78, 5) is 11.2. The Labute approximate surface area is 123 Å². The molecule has 1 aromatic heterocycles. The van der Waals surface area contributed by atoms with Crippen molar-refractivity contribution in [2.75, 3.05) is 42.8 Å². The van der Waals surface area contributed by atoms with E-state index < -0.39 is 0 Å². The SMILES string of the molecule is CCNc1cc(N2CC(CO)OCC2C)nc(SC)n1. The van der Waals surface area contributed by atoms with E-state index >= 15 is 0 Å². The Morgan fingerprint density at radius 2 is 2.35 bits per heavy atom. The molecule has 2 atom stereocenters. The Morgan fingerprint density at radius 1 is 1.55 bits per heavy atom. The Balaban J connectivity index is 2.26. The van der Waals surface area contributed by atoms with Crippen molar-refractivity contribution in [3.63, 3.8) is 0 Å². The molecule has 2 N–H and O–H groups in total. The van der Waals surface area contributed by atoms with Gasteiger partial charge in [0.1, 0.15) is 11.6 Å². The molecule has 0 saturated carbocycles. The summed E-state index contributed by atoms with van der Waals surface area (Å²) in [5.74, 6) is 1.72. The lowest BCUT2D eigenvalue weighted by atomic mass is 10.2. The fraction of sp³-hybridized carbons (Fsp3) is 0.692. The van der Waals surface area contributed by atoms with E-state index in [2.05, 4.69) is 27.1 Å². The van der Waals surface area contributed by atoms with Crippen LogP contribution < -0.4 is 10.2 Å². The molecule has 1 fully saturated rings. The van der Waals surface area contributed by atoms with E-state index in [9.17, 15) is 5.11 Å². The summed E-state index contributed by atoms with van der Waals surface area (Å²) < 4.78 is 5.57. The molecule has 20 heavy (non-hydrogen) atoms. The highest BCUT2D eigenvalue weighted by molar-refractivity contribution is 7.98. The van der Waals surface area contributed by atoms with Crippen LogP contribution in [0.4, 0.5) is 11.6 Å². The van der Waals surface area contributed by atoms with E-state index in [4.69, 9.17) is 4.74 Å². The number of aliphatic hydroxyl groups excluding tert-OH is 1. The van der Waals surface area contributed by atoms with Gasteiger partial charge in [-0.05, 0) is 20.1 Å². The smallest absolute Gasteiger partial charge is 0.191 e. The third kappa shape index (κ3) is 3.53. The van der Waals surface area contributed by atoms with Crippen LogP contribution in [0, 0.1) is 0 Å². The van der Waals surface area contributed by atoms with Crippen LogP contribution in [-0.4, -0.2) is 59.8 Å². The van der Waals surface area contributed by atoms with Gasteiger partial charge >= 0.3 is 0 Å². The number of hydrogen-bond acceptors (Lipinski definition) is 7. The third-order valence-corrected chi connectivity index (χ3v) is 3.78. The van der Waals surface area contributed by atoms with Crippen molar-refractivity contribution in [3.05, 3.63) is 6.07 Å². The molecule has 7 heteroatoms. The van der Waals surface area contributed by atoms with Gasteiger partial charge in [0.15, 0.2) is 5.16 Å². The third-order valence-electron chi connectivity index (χ3n) is 3.24. The normalized spacial score (nSPS) is 22.9. The van der Waals surface area contributed by atoms with Crippen LogP contribution in [-0.2, 0) is 4.74 Å². The van der Waals surface area contributed by atoms with E-state index in [1.165, 1.54) is 11.8 Å². The van der Waals surface area contributed by atoms with Crippen LogP contribution in [0.1, 0.15) is 13.8 Å². The molecule has 2 heterocycles. The number of rotatable bonds is 5. The average molecular weight is 298 g/mol. The molecule has 1 aromatic rings. The molecule has 0 radical (unpaired) electrons. The van der Waals surface area contributed by atoms with Gasteiger partial charge in [-0.1, -0.05) is 11.8 Å². The van der Waals surface area contributed by atoms with E-state index in [0.29, 0.717) is 13.2 Å². The average Bonchev–Trinajstić information content (AvgIpc) is 2.47. The van der Waals surface area contributed by atoms with Crippen molar-refractivity contribution in [2.24, 2.45) is 0 Å². The summed E-state index contributed by atoms with van der Waals surface area (Å²) in [5.41, 5.74) is 0. The number of morpholine rings is 1. The molecule has 112 valence electrons. The van der Waals surface area contributed by atoms with Crippen LogP contribution in [0.15, 0.2) is 11.2 Å². The topological polar surface area (TPSA) is 70.5 Å². The first-order valence-electron chi connectivity index (χ1n) is 6.84. The number of aromatic nitrogens is 2. The van der Waals surface area contributed by atoms with Gasteiger partial charge in [-0.2, -0.15) is 0 Å². The fourth-order valence-corrected chi connectivity index (χ4v) is 2.54. The van der Waals surface area contributed by atoms with Crippen LogP contribution in [0.2, 0.25) is 0 Å². The van der Waals surface area contributed by atoms with Gasteiger partial charge in [0, 0.05) is 19.2 Å². The Kier molecular flexibility index (Phi) is 5.45. The molecule has 0 amide bonds. The Bertz CT molecular complexity index is 446. The first kappa shape index (κ1) is 15.3. The summed E-state index contributed by atoms with van der Waals surface area (Å²) in [5, 5.41) is 13.3. The predicted molar refractivity (Wildman–Crippen MR) is 81.6 cm³/mol. The quantitative estimate of drug-likeness (QED) is 0.625. The lowest BCUT2D eigenvalue weighted by Gasteiger charge is -2.38. The standard InChI is InChI=1S/C13H22N4O2S/c1-4-14-11-5-12(16-13(15-11)20-3)17-6-10(7-18)19-8-9(17)2/h5,9-10,18H,4,6-8H2,1-3H3,(H,14,15,16). The Morgan fingerprint density at radius 3 is 3.00 bits per heavy atom. The lowest BCUT2D eigenvalue weighted by molar-refractivity contribution is -0.0106. The summed E-state index contributed by atoms with van der Waals surface area (Å²) in [6.45, 7) is 6.24. The number of hydrogen-bond donors (Lipinski definition) is 2. The molecule has 1 aliphatic heterocycles. The van der Waals surface area contributed by atoms with Crippen molar-refractivity contribution in [1.82, 2.24) is 9.97 Å². The van der Waals surface area contributed by atoms with Gasteiger partial charge in [-0.25, -0.2) is 9.97 Å². The minimum atomic E-state index is -0.151. The second kappa shape index (κ2) is 7.10. The summed E-state index contributed by atoms with van der Waals surface area (Å²) in [6.07, 6.45) is 1.81. The summed E-state index contributed by atoms with van der Waals surface area (Å²) >= 11 is 1.53. The van der Waals surface area contributed by atoms with Gasteiger partial charge in [0.25, 0.3) is 0 Å². The van der Waals surface area contributed by atoms with Crippen molar-refractivity contribution in [2.45, 2.75) is 31.1 Å². The van der Waals surface area contributed by atoms with Crippen LogP contribution >= 0.6 is 11.8 Å². The summed E-state index contributed by atoms with van der Waals surface area (Å²) in [6, 6.07) is 2.19. The number of aliphatic hydroxyl groups is 1. The molecule has 2 rings (SSSR count). The van der Waals surface area contributed by atoms with Crippen molar-refractivity contribution >= 4 is 23.4 Å². The maximum Gasteiger partial charge on any atom is 0.191 e. The monoisotopic (exact) mass is 298 g/mol. The van der Waals surface area contributed by atoms with E-state index in [0.717, 1.165) is 23.3 Å². The molecule has 0 aromatic carbocycles. The zero-order valence-electron chi connectivity index (χ0n) is 12.2. The lowest BCUT2D eigenvalue weighted by Crippen LogP contribution is -2.50. The first-order chi connectivity index (χ1) is 9.67. The zero-order valence-corrected chi connectivity index (χ0v) is 13.0. The fourth-order valence-electron chi connectivity index (χ4n) is 2.17. The highest BCUT2D eigenvalue weighted by Crippen LogP contribution is 2.24. The minimum Gasteiger partial charge on any atom is -0.394 e. The van der Waals surface area contributed by atoms with Gasteiger partial charge in [-0.15, -0.1) is 0 Å². The predicted octanol–water partition coefficient (Wildman–Crippen LogP) is 1.22. The molecular formula is C13H22N4O2S. The minimum absolute atomic E-state index is 0.0315. The molecule has 0 spiro atoms. The number of anilines is 2. The molecular weight excluding hydrogens is 276 g/mol. The van der Waals surface area contributed by atoms with Gasteiger partial charge in [0.2, 0.25) is 0 Å². The van der Waals surface area contributed by atoms with Gasteiger partial charge < -0.3 is 20.1 Å². The van der Waals surface area contributed by atoms with Crippen LogP contribution in [0.3, 0.4) is 0 Å². The zero-order chi connectivity index (χ0) is 14.5. The second-order valence-corrected chi connectivity index (χ2v) is 5.54. The number of ether oxygens (including phenoxy) is 1. The molecule has 6 nitrogen and oxygen atoms in total. The van der Waals surface area contributed by atoms with E-state index in [-0.39, 0.29) is 18.8 Å². The maximum absolute atomic E-state index is 9.28. The number of nitrogens with one attached hydrogen (secondary N) is 1. The van der Waals surface area contributed by atoms with Crippen LogP contribution in [0.5, 0.6) is 0 Å². The molecule has 1 aliphatic rings. The largest absolute Gasteiger partial charge is 0.394 e. The van der Waals surface area contributed by atoms with Crippen molar-refractivity contribution < 1.29 is 9.84 Å². The number of nitrogens with zero attached hydrogens (tertiary/aromatic N) is 3.